The van der Waals surface area contributed by atoms with Gasteiger partial charge in [0.2, 0.25) is 0 Å². The maximum Gasteiger partial charge on any atom is 0.410 e. The van der Waals surface area contributed by atoms with Crippen LogP contribution in [-0.4, -0.2) is 77.5 Å². The third kappa shape index (κ3) is 3.47. The molecule has 2 rings (SSSR count). The highest BCUT2D eigenvalue weighted by atomic mass is 16.6. The van der Waals surface area contributed by atoms with E-state index in [4.69, 9.17) is 9.47 Å². The molecule has 1 amide bonds. The van der Waals surface area contributed by atoms with Crippen LogP contribution in [0.4, 0.5) is 4.79 Å². The largest absolute Gasteiger partial charge is 0.480 e. The lowest BCUT2D eigenvalue weighted by atomic mass is 9.95. The van der Waals surface area contributed by atoms with E-state index in [9.17, 15) is 14.7 Å². The lowest BCUT2D eigenvalue weighted by molar-refractivity contribution is -0.153. The summed E-state index contributed by atoms with van der Waals surface area (Å²) >= 11 is 0. The minimum atomic E-state index is -0.931. The van der Waals surface area contributed by atoms with Gasteiger partial charge in [-0.15, -0.1) is 0 Å². The van der Waals surface area contributed by atoms with E-state index >= 15 is 0 Å². The number of rotatable bonds is 2. The number of carbonyl (C=O) groups excluding carboxylic acids is 1. The van der Waals surface area contributed by atoms with Gasteiger partial charge in [-0.25, -0.2) is 4.79 Å². The molecule has 0 aromatic carbocycles. The molecule has 2 aliphatic rings. The summed E-state index contributed by atoms with van der Waals surface area (Å²) in [6.45, 7) is 8.17. The normalized spacial score (nSPS) is 27.7. The molecule has 1 unspecified atom stereocenters. The van der Waals surface area contributed by atoms with Crippen molar-refractivity contribution >= 4 is 12.1 Å². The molecule has 2 fully saturated rings. The predicted molar refractivity (Wildman–Crippen MR) is 75.2 cm³/mol. The Morgan fingerprint density at radius 1 is 1.19 bits per heavy atom. The molecule has 1 N–H and O–H groups in total. The summed E-state index contributed by atoms with van der Waals surface area (Å²) in [7, 11) is 0. The lowest BCUT2D eigenvalue weighted by Gasteiger charge is -2.42. The van der Waals surface area contributed by atoms with E-state index in [1.807, 2.05) is 25.7 Å². The maximum atomic E-state index is 12.0. The molecule has 0 bridgehead atoms. The van der Waals surface area contributed by atoms with Crippen LogP contribution in [0, 0.1) is 0 Å². The molecule has 0 aromatic rings. The second-order valence-corrected chi connectivity index (χ2v) is 6.59. The van der Waals surface area contributed by atoms with Crippen LogP contribution in [0.25, 0.3) is 0 Å². The first-order chi connectivity index (χ1) is 9.74. The minimum absolute atomic E-state index is 0.217. The quantitative estimate of drug-likeness (QED) is 0.812. The molecule has 21 heavy (non-hydrogen) atoms. The van der Waals surface area contributed by atoms with Gasteiger partial charge in [-0.1, -0.05) is 0 Å². The fourth-order valence-electron chi connectivity index (χ4n) is 2.75. The molecule has 120 valence electrons. The van der Waals surface area contributed by atoms with E-state index in [0.717, 1.165) is 0 Å². The van der Waals surface area contributed by atoms with Gasteiger partial charge in [0.1, 0.15) is 11.1 Å². The molecule has 0 radical (unpaired) electrons. The average molecular weight is 300 g/mol. The van der Waals surface area contributed by atoms with Crippen molar-refractivity contribution in [1.29, 1.82) is 0 Å². The van der Waals surface area contributed by atoms with Crippen LogP contribution < -0.4 is 0 Å². The number of nitrogens with zero attached hydrogens (tertiary/aromatic N) is 2. The number of hydrogen-bond donors (Lipinski definition) is 1. The van der Waals surface area contributed by atoms with Crippen molar-refractivity contribution in [3.63, 3.8) is 0 Å². The van der Waals surface area contributed by atoms with E-state index in [1.54, 1.807) is 4.90 Å². The Morgan fingerprint density at radius 3 is 2.24 bits per heavy atom. The van der Waals surface area contributed by atoms with Crippen molar-refractivity contribution in [3.8, 4) is 0 Å². The summed E-state index contributed by atoms with van der Waals surface area (Å²) in [5.41, 5.74) is -1.45. The number of ether oxygens (including phenoxy) is 2. The second-order valence-electron chi connectivity index (χ2n) is 6.59. The van der Waals surface area contributed by atoms with Crippen molar-refractivity contribution in [1.82, 2.24) is 9.80 Å². The number of amides is 1. The van der Waals surface area contributed by atoms with Crippen LogP contribution in [0.2, 0.25) is 0 Å². The number of hydrogen-bond acceptors (Lipinski definition) is 5. The number of carboxylic acid groups (broad SMARTS) is 1. The molecule has 2 aliphatic heterocycles. The van der Waals surface area contributed by atoms with Gasteiger partial charge >= 0.3 is 12.1 Å². The van der Waals surface area contributed by atoms with Gasteiger partial charge in [-0.3, -0.25) is 9.69 Å². The Morgan fingerprint density at radius 2 is 1.81 bits per heavy atom. The van der Waals surface area contributed by atoms with E-state index in [1.165, 1.54) is 0 Å². The molecule has 1 atom stereocenters. The number of aliphatic carboxylic acids is 1. The molecule has 7 nitrogen and oxygen atoms in total. The highest BCUT2D eigenvalue weighted by Crippen LogP contribution is 2.28. The third-order valence-electron chi connectivity index (χ3n) is 3.94. The van der Waals surface area contributed by atoms with Crippen molar-refractivity contribution in [2.75, 3.05) is 39.4 Å². The molecule has 0 spiro atoms. The molecule has 0 aliphatic carbocycles. The summed E-state index contributed by atoms with van der Waals surface area (Å²) in [5, 5.41) is 9.52. The summed E-state index contributed by atoms with van der Waals surface area (Å²) in [6, 6.07) is 0. The van der Waals surface area contributed by atoms with Gasteiger partial charge in [0.25, 0.3) is 0 Å². The molecule has 7 heteroatoms. The van der Waals surface area contributed by atoms with Crippen molar-refractivity contribution in [3.05, 3.63) is 0 Å². The fraction of sp³-hybridized carbons (Fsp3) is 0.857. The second kappa shape index (κ2) is 5.81. The van der Waals surface area contributed by atoms with Crippen LogP contribution in [0.1, 0.15) is 27.2 Å². The zero-order chi connectivity index (χ0) is 15.7. The molecule has 0 saturated carbocycles. The summed E-state index contributed by atoms with van der Waals surface area (Å²) in [6.07, 6.45) is 0.156. The number of piperazine rings is 1. The van der Waals surface area contributed by atoms with Crippen LogP contribution in [0.5, 0.6) is 0 Å². The Kier molecular flexibility index (Phi) is 4.43. The number of carbonyl (C=O) groups is 2. The zero-order valence-electron chi connectivity index (χ0n) is 12.9. The highest BCUT2D eigenvalue weighted by Gasteiger charge is 2.48. The van der Waals surface area contributed by atoms with Gasteiger partial charge in [0, 0.05) is 39.2 Å². The Labute approximate surface area is 124 Å². The smallest absolute Gasteiger partial charge is 0.410 e. The van der Waals surface area contributed by atoms with Crippen molar-refractivity contribution in [2.24, 2.45) is 0 Å². The van der Waals surface area contributed by atoms with Crippen LogP contribution in [0.3, 0.4) is 0 Å². The Balaban J connectivity index is 1.94. The maximum absolute atomic E-state index is 12.0. The summed E-state index contributed by atoms with van der Waals surface area (Å²) in [5.74, 6) is -0.842. The van der Waals surface area contributed by atoms with Crippen molar-refractivity contribution < 1.29 is 24.2 Å². The molecule has 0 aromatic heterocycles. The first-order valence-electron chi connectivity index (χ1n) is 7.29. The van der Waals surface area contributed by atoms with Crippen LogP contribution in [0.15, 0.2) is 0 Å². The van der Waals surface area contributed by atoms with Gasteiger partial charge in [-0.2, -0.15) is 0 Å². The Hall–Kier alpha value is -1.34. The summed E-state index contributed by atoms with van der Waals surface area (Å²) in [4.78, 5) is 27.2. The minimum Gasteiger partial charge on any atom is -0.480 e. The lowest BCUT2D eigenvalue weighted by Crippen LogP contribution is -2.62. The monoisotopic (exact) mass is 300 g/mol. The van der Waals surface area contributed by atoms with E-state index in [2.05, 4.69) is 0 Å². The van der Waals surface area contributed by atoms with Gasteiger partial charge in [0.15, 0.2) is 0 Å². The van der Waals surface area contributed by atoms with Crippen LogP contribution in [-0.2, 0) is 14.3 Å². The standard InChI is InChI=1S/C14H24N2O5/c1-13(2,3)21-12(19)15-5-7-16(8-6-15)14(11(17)18)4-9-20-10-14/h4-10H2,1-3H3,(H,17,18). The highest BCUT2D eigenvalue weighted by molar-refractivity contribution is 5.79. The van der Waals surface area contributed by atoms with E-state index in [-0.39, 0.29) is 12.7 Å². The first-order valence-corrected chi connectivity index (χ1v) is 7.29. The zero-order valence-corrected chi connectivity index (χ0v) is 12.9. The average Bonchev–Trinajstić information content (AvgIpc) is 2.87. The third-order valence-corrected chi connectivity index (χ3v) is 3.94. The van der Waals surface area contributed by atoms with Gasteiger partial charge in [-0.05, 0) is 20.8 Å². The van der Waals surface area contributed by atoms with Crippen LogP contribution >= 0.6 is 0 Å². The van der Waals surface area contributed by atoms with E-state index in [0.29, 0.717) is 39.2 Å². The molecular weight excluding hydrogens is 276 g/mol. The summed E-state index contributed by atoms with van der Waals surface area (Å²) < 4.78 is 10.6. The van der Waals surface area contributed by atoms with E-state index < -0.39 is 17.1 Å². The number of carboxylic acids is 1. The first kappa shape index (κ1) is 16.0. The molecular formula is C14H24N2O5. The van der Waals surface area contributed by atoms with Gasteiger partial charge < -0.3 is 19.5 Å². The SMILES string of the molecule is CC(C)(C)OC(=O)N1CCN(C2(C(=O)O)CCOC2)CC1. The molecule has 2 saturated heterocycles. The van der Waals surface area contributed by atoms with Gasteiger partial charge in [0.05, 0.1) is 6.61 Å². The predicted octanol–water partition coefficient (Wildman–Crippen LogP) is 0.783. The van der Waals surface area contributed by atoms with Crippen molar-refractivity contribution in [2.45, 2.75) is 38.3 Å². The Bertz CT molecular complexity index is 404. The fourth-order valence-corrected chi connectivity index (χ4v) is 2.75. The topological polar surface area (TPSA) is 79.3 Å². The molecule has 2 heterocycles.